The van der Waals surface area contributed by atoms with Crippen LogP contribution in [0, 0.1) is 0 Å². The highest BCUT2D eigenvalue weighted by atomic mass is 35.5. The van der Waals surface area contributed by atoms with Crippen LogP contribution in [0.4, 0.5) is 0 Å². The van der Waals surface area contributed by atoms with Crippen LogP contribution in [0.2, 0.25) is 10.0 Å². The Kier molecular flexibility index (Phi) is 5.44. The number of carbonyl (C=O) groups excluding carboxylic acids is 1. The number of H-pyrrole nitrogens is 1. The van der Waals surface area contributed by atoms with Crippen molar-refractivity contribution in [3.63, 3.8) is 0 Å². The second-order valence-electron chi connectivity index (χ2n) is 9.73. The number of carbonyl (C=O) groups is 1. The van der Waals surface area contributed by atoms with Crippen molar-refractivity contribution in [1.29, 1.82) is 0 Å². The number of ether oxygens (including phenoxy) is 2. The predicted octanol–water partition coefficient (Wildman–Crippen LogP) is 3.61. The van der Waals surface area contributed by atoms with Crippen LogP contribution >= 0.6 is 23.2 Å². The molecule has 2 aromatic heterocycles. The van der Waals surface area contributed by atoms with E-state index in [4.69, 9.17) is 32.7 Å². The normalized spacial score (nSPS) is 25.6. The molecule has 0 radical (unpaired) electrons. The summed E-state index contributed by atoms with van der Waals surface area (Å²) in [6.45, 7) is -0.129. The fraction of sp³-hybridized carbons (Fsp3) is 0.296. The van der Waals surface area contributed by atoms with Gasteiger partial charge in [0.1, 0.15) is 24.4 Å². The van der Waals surface area contributed by atoms with Crippen molar-refractivity contribution in [3.05, 3.63) is 57.6 Å². The third kappa shape index (κ3) is 3.03. The Bertz CT molecular complexity index is 1790. The Hall–Kier alpha value is -2.89. The monoisotopic (exact) mass is 555 g/mol. The summed E-state index contributed by atoms with van der Waals surface area (Å²) in [7, 11) is 1.38. The first-order chi connectivity index (χ1) is 18.4. The molecule has 5 N–H and O–H groups in total. The number of para-hydroxylation sites is 2. The van der Waals surface area contributed by atoms with E-state index in [2.05, 4.69) is 10.3 Å². The highest BCUT2D eigenvalue weighted by molar-refractivity contribution is 6.40. The van der Waals surface area contributed by atoms with Gasteiger partial charge in [0.15, 0.2) is 6.23 Å². The molecule has 0 saturated carbocycles. The molecule has 38 heavy (non-hydrogen) atoms. The molecule has 5 atom stereocenters. The smallest absolute Gasteiger partial charge is 0.252 e. The van der Waals surface area contributed by atoms with Crippen LogP contribution < -0.4 is 5.32 Å². The number of aliphatic hydroxyl groups excluding tert-OH is 3. The number of fused-ring (bicyclic) bond motifs is 10. The van der Waals surface area contributed by atoms with Crippen LogP contribution in [0.25, 0.3) is 43.6 Å². The van der Waals surface area contributed by atoms with Crippen LogP contribution in [0.15, 0.2) is 36.4 Å². The molecule has 2 aliphatic heterocycles. The summed E-state index contributed by atoms with van der Waals surface area (Å²) in [5.41, 5.74) is 3.83. The van der Waals surface area contributed by atoms with Crippen molar-refractivity contribution in [1.82, 2.24) is 14.9 Å². The molecule has 9 nitrogen and oxygen atoms in total. The zero-order valence-corrected chi connectivity index (χ0v) is 21.5. The summed E-state index contributed by atoms with van der Waals surface area (Å²) in [5.74, 6) is -0.191. The lowest BCUT2D eigenvalue weighted by Crippen LogP contribution is -2.57. The number of hydrogen-bond donors (Lipinski definition) is 5. The number of amides is 1. The molecule has 2 aliphatic rings. The van der Waals surface area contributed by atoms with E-state index in [-0.39, 0.29) is 5.91 Å². The minimum atomic E-state index is -1.42. The van der Waals surface area contributed by atoms with Gasteiger partial charge in [0.05, 0.1) is 44.3 Å². The van der Waals surface area contributed by atoms with Gasteiger partial charge in [-0.3, -0.25) is 4.79 Å². The maximum Gasteiger partial charge on any atom is 0.252 e. The zero-order chi connectivity index (χ0) is 26.5. The van der Waals surface area contributed by atoms with E-state index in [1.807, 2.05) is 24.3 Å². The first-order valence-electron chi connectivity index (χ1n) is 12.2. The molecule has 4 heterocycles. The minimum Gasteiger partial charge on any atom is -0.394 e. The summed E-state index contributed by atoms with van der Waals surface area (Å²) >= 11 is 13.4. The van der Waals surface area contributed by atoms with Gasteiger partial charge in [0, 0.05) is 35.2 Å². The molecule has 0 bridgehead atoms. The van der Waals surface area contributed by atoms with Crippen molar-refractivity contribution < 1.29 is 29.6 Å². The van der Waals surface area contributed by atoms with Crippen molar-refractivity contribution in [2.75, 3.05) is 13.7 Å². The number of aromatic nitrogens is 2. The molecule has 0 unspecified atom stereocenters. The minimum absolute atomic E-state index is 0.191. The molecule has 0 aliphatic carbocycles. The third-order valence-corrected chi connectivity index (χ3v) is 8.49. The average Bonchev–Trinajstić information content (AvgIpc) is 3.58. The molecule has 5 aromatic rings. The maximum absolute atomic E-state index is 13.2. The SMILES string of the molecule is CO[C@H]1[C@H](O)[C@@H](O)[C@H](n2c3c(Cl)cccc3c3c4c(c5c6cccc(Cl)c6[nH]c5c32)C(=O)NC4)O[C@@H]1CO. The van der Waals surface area contributed by atoms with Crippen LogP contribution in [-0.4, -0.2) is 68.9 Å². The first-order valence-corrected chi connectivity index (χ1v) is 12.9. The molecule has 1 fully saturated rings. The Morgan fingerprint density at radius 3 is 2.50 bits per heavy atom. The van der Waals surface area contributed by atoms with Crippen LogP contribution in [0.1, 0.15) is 22.1 Å². The summed E-state index contributed by atoms with van der Waals surface area (Å²) in [4.78, 5) is 16.6. The van der Waals surface area contributed by atoms with Gasteiger partial charge in [-0.05, 0) is 17.7 Å². The number of nitrogens with one attached hydrogen (secondary N) is 2. The first kappa shape index (κ1) is 24.2. The van der Waals surface area contributed by atoms with Gasteiger partial charge in [-0.1, -0.05) is 47.5 Å². The van der Waals surface area contributed by atoms with E-state index < -0.39 is 37.3 Å². The van der Waals surface area contributed by atoms with E-state index in [0.29, 0.717) is 49.6 Å². The van der Waals surface area contributed by atoms with E-state index >= 15 is 0 Å². The van der Waals surface area contributed by atoms with Gasteiger partial charge in [0.2, 0.25) is 0 Å². The second-order valence-corrected chi connectivity index (χ2v) is 10.5. The molecule has 0 spiro atoms. The Morgan fingerprint density at radius 1 is 1.03 bits per heavy atom. The van der Waals surface area contributed by atoms with E-state index in [1.54, 1.807) is 16.7 Å². The lowest BCUT2D eigenvalue weighted by Gasteiger charge is -2.42. The Labute approximate surface area is 225 Å². The highest BCUT2D eigenvalue weighted by Gasteiger charge is 2.47. The summed E-state index contributed by atoms with van der Waals surface area (Å²) in [5, 5.41) is 39.2. The number of methoxy groups -OCH3 is 1. The molecular weight excluding hydrogens is 533 g/mol. The lowest BCUT2D eigenvalue weighted by atomic mass is 9.96. The largest absolute Gasteiger partial charge is 0.394 e. The molecule has 196 valence electrons. The van der Waals surface area contributed by atoms with Crippen molar-refractivity contribution in [2.45, 2.75) is 37.2 Å². The molecule has 3 aromatic carbocycles. The van der Waals surface area contributed by atoms with Crippen LogP contribution in [-0.2, 0) is 16.0 Å². The molecule has 11 heteroatoms. The highest BCUT2D eigenvalue weighted by Crippen LogP contribution is 2.48. The molecular formula is C27H23Cl2N3O6. The number of benzene rings is 3. The summed E-state index contributed by atoms with van der Waals surface area (Å²) in [6.07, 6.45) is -5.76. The molecule has 1 amide bonds. The number of aliphatic hydroxyl groups is 3. The molecule has 7 rings (SSSR count). The lowest BCUT2D eigenvalue weighted by molar-refractivity contribution is -0.255. The zero-order valence-electron chi connectivity index (χ0n) is 20.0. The fourth-order valence-electron chi connectivity index (χ4n) is 6.28. The van der Waals surface area contributed by atoms with Crippen molar-refractivity contribution >= 4 is 72.7 Å². The van der Waals surface area contributed by atoms with Gasteiger partial charge in [-0.15, -0.1) is 0 Å². The Balaban J connectivity index is 1.68. The summed E-state index contributed by atoms with van der Waals surface area (Å²) in [6, 6.07) is 11.0. The second kappa shape index (κ2) is 8.56. The van der Waals surface area contributed by atoms with Crippen molar-refractivity contribution in [3.8, 4) is 0 Å². The van der Waals surface area contributed by atoms with Gasteiger partial charge >= 0.3 is 0 Å². The number of aromatic amines is 1. The fourth-order valence-corrected chi connectivity index (χ4v) is 6.77. The number of rotatable bonds is 3. The Morgan fingerprint density at radius 2 is 1.76 bits per heavy atom. The van der Waals surface area contributed by atoms with Crippen molar-refractivity contribution in [2.24, 2.45) is 0 Å². The number of hydrogen-bond acceptors (Lipinski definition) is 6. The summed E-state index contributed by atoms with van der Waals surface area (Å²) < 4.78 is 13.3. The standard InChI is InChI=1S/C27H23Cl2N3O6/c1-37-25-15(9-33)38-27(24(35)23(25)34)32-21-11(5-3-7-14(21)29)16-12-8-30-26(36)18(12)17-10-4-2-6-13(28)19(10)31-20(17)22(16)32/h2-7,15,23-25,27,31,33-35H,8-9H2,1H3,(H,30,36)/t15-,23-,24-,25-,27-/m1/s1. The van der Waals surface area contributed by atoms with Crippen LogP contribution in [0.5, 0.6) is 0 Å². The van der Waals surface area contributed by atoms with E-state index in [1.165, 1.54) is 7.11 Å². The predicted molar refractivity (Wildman–Crippen MR) is 144 cm³/mol. The topological polar surface area (TPSA) is 129 Å². The van der Waals surface area contributed by atoms with Gasteiger partial charge in [-0.2, -0.15) is 0 Å². The molecule has 1 saturated heterocycles. The van der Waals surface area contributed by atoms with Gasteiger partial charge in [-0.25, -0.2) is 0 Å². The van der Waals surface area contributed by atoms with Gasteiger partial charge in [0.25, 0.3) is 5.91 Å². The van der Waals surface area contributed by atoms with E-state index in [0.717, 1.165) is 21.7 Å². The number of halogens is 2. The maximum atomic E-state index is 13.2. The third-order valence-electron chi connectivity index (χ3n) is 7.87. The average molecular weight is 556 g/mol. The van der Waals surface area contributed by atoms with E-state index in [9.17, 15) is 20.1 Å². The van der Waals surface area contributed by atoms with Gasteiger partial charge < -0.3 is 39.7 Å². The van der Waals surface area contributed by atoms with Crippen LogP contribution in [0.3, 0.4) is 0 Å². The quantitative estimate of drug-likeness (QED) is 0.231. The number of nitrogens with zero attached hydrogens (tertiary/aromatic N) is 1.